The minimum Gasteiger partial charge on any atom is -0.330 e. The van der Waals surface area contributed by atoms with Gasteiger partial charge in [-0.15, -0.1) is 0 Å². The molecule has 0 aliphatic rings. The molecule has 0 radical (unpaired) electrons. The van der Waals surface area contributed by atoms with Crippen LogP contribution in [0.1, 0.15) is 17.0 Å². The average Bonchev–Trinajstić information content (AvgIpc) is 2.39. The van der Waals surface area contributed by atoms with E-state index in [-0.39, 0.29) is 11.7 Å². The van der Waals surface area contributed by atoms with Crippen LogP contribution in [0.4, 0.5) is 4.39 Å². The first-order valence-electron chi connectivity index (χ1n) is 6.00. The monoisotopic (exact) mass is 385 g/mol. The van der Waals surface area contributed by atoms with Gasteiger partial charge in [0.05, 0.1) is 0 Å². The fraction of sp³-hybridized carbons (Fsp3) is 0.200. The minimum atomic E-state index is -0.235. The van der Waals surface area contributed by atoms with Gasteiger partial charge in [-0.05, 0) is 42.3 Å². The molecule has 0 heterocycles. The van der Waals surface area contributed by atoms with Crippen LogP contribution in [-0.4, -0.2) is 6.54 Å². The van der Waals surface area contributed by atoms with Gasteiger partial charge in [-0.2, -0.15) is 0 Å². The van der Waals surface area contributed by atoms with Crippen LogP contribution in [0.25, 0.3) is 0 Å². The van der Waals surface area contributed by atoms with Gasteiger partial charge in [0.25, 0.3) is 0 Å². The van der Waals surface area contributed by atoms with Crippen molar-refractivity contribution in [3.05, 3.63) is 68.4 Å². The van der Waals surface area contributed by atoms with Crippen molar-refractivity contribution in [3.63, 3.8) is 0 Å². The highest BCUT2D eigenvalue weighted by Crippen LogP contribution is 2.29. The van der Waals surface area contributed by atoms with Crippen LogP contribution in [0.5, 0.6) is 0 Å². The molecule has 0 bridgehead atoms. The van der Waals surface area contributed by atoms with Crippen molar-refractivity contribution in [2.75, 3.05) is 6.54 Å². The number of benzene rings is 2. The second-order valence-corrected chi connectivity index (χ2v) is 6.10. The molecule has 1 nitrogen and oxygen atoms in total. The Labute approximate surface area is 129 Å². The zero-order valence-corrected chi connectivity index (χ0v) is 13.4. The quantitative estimate of drug-likeness (QED) is 0.813. The molecule has 0 amide bonds. The Bertz CT molecular complexity index is 572. The van der Waals surface area contributed by atoms with E-state index in [4.69, 9.17) is 5.73 Å². The molecule has 100 valence electrons. The van der Waals surface area contributed by atoms with Gasteiger partial charge >= 0.3 is 0 Å². The first-order valence-corrected chi connectivity index (χ1v) is 7.59. The molecule has 0 aromatic heterocycles. The highest BCUT2D eigenvalue weighted by atomic mass is 79.9. The third-order valence-corrected chi connectivity index (χ3v) is 4.57. The zero-order valence-electron chi connectivity index (χ0n) is 10.2. The van der Waals surface area contributed by atoms with Crippen molar-refractivity contribution in [3.8, 4) is 0 Å². The molecular weight excluding hydrogens is 373 g/mol. The normalized spacial score (nSPS) is 12.4. The lowest BCUT2D eigenvalue weighted by Crippen LogP contribution is -2.15. The van der Waals surface area contributed by atoms with Crippen molar-refractivity contribution in [2.45, 2.75) is 12.3 Å². The molecule has 1 atom stereocenters. The lowest BCUT2D eigenvalue weighted by molar-refractivity contribution is 0.623. The lowest BCUT2D eigenvalue weighted by atomic mass is 9.92. The maximum atomic E-state index is 13.1. The average molecular weight is 387 g/mol. The molecule has 0 aliphatic carbocycles. The number of nitrogens with two attached hydrogens (primary N) is 1. The second-order valence-electron chi connectivity index (χ2n) is 4.39. The Morgan fingerprint density at radius 3 is 2.42 bits per heavy atom. The third-order valence-electron chi connectivity index (χ3n) is 3.11. The topological polar surface area (TPSA) is 26.0 Å². The molecule has 2 N–H and O–H groups in total. The largest absolute Gasteiger partial charge is 0.330 e. The van der Waals surface area contributed by atoms with Crippen LogP contribution in [0, 0.1) is 5.82 Å². The van der Waals surface area contributed by atoms with E-state index in [1.165, 1.54) is 17.7 Å². The van der Waals surface area contributed by atoms with Gasteiger partial charge in [-0.1, -0.05) is 56.1 Å². The van der Waals surface area contributed by atoms with E-state index in [0.717, 1.165) is 20.9 Å². The summed E-state index contributed by atoms with van der Waals surface area (Å²) in [4.78, 5) is 0. The molecular formula is C15H14Br2FN. The second kappa shape index (κ2) is 6.64. The van der Waals surface area contributed by atoms with Gasteiger partial charge in [0, 0.05) is 14.9 Å². The van der Waals surface area contributed by atoms with Crippen molar-refractivity contribution >= 4 is 31.9 Å². The predicted octanol–water partition coefficient (Wildman–Crippen LogP) is 4.64. The van der Waals surface area contributed by atoms with Crippen molar-refractivity contribution in [1.29, 1.82) is 0 Å². The van der Waals surface area contributed by atoms with Crippen LogP contribution in [0.2, 0.25) is 0 Å². The summed E-state index contributed by atoms with van der Waals surface area (Å²) in [6.07, 6.45) is 0.778. The molecule has 19 heavy (non-hydrogen) atoms. The summed E-state index contributed by atoms with van der Waals surface area (Å²) in [5, 5.41) is 0. The van der Waals surface area contributed by atoms with Crippen molar-refractivity contribution in [1.82, 2.24) is 0 Å². The smallest absolute Gasteiger partial charge is 0.124 e. The van der Waals surface area contributed by atoms with Crippen molar-refractivity contribution in [2.24, 2.45) is 5.73 Å². The van der Waals surface area contributed by atoms with E-state index in [2.05, 4.69) is 37.9 Å². The van der Waals surface area contributed by atoms with Crippen LogP contribution in [-0.2, 0) is 6.42 Å². The van der Waals surface area contributed by atoms with E-state index in [1.807, 2.05) is 18.2 Å². The van der Waals surface area contributed by atoms with Gasteiger partial charge < -0.3 is 5.73 Å². The van der Waals surface area contributed by atoms with Crippen LogP contribution in [0.15, 0.2) is 51.4 Å². The van der Waals surface area contributed by atoms with E-state index in [0.29, 0.717) is 6.54 Å². The Hall–Kier alpha value is -0.710. The molecule has 2 rings (SSSR count). The van der Waals surface area contributed by atoms with Crippen LogP contribution < -0.4 is 5.73 Å². The first kappa shape index (κ1) is 14.7. The molecule has 4 heteroatoms. The van der Waals surface area contributed by atoms with Crippen LogP contribution in [0.3, 0.4) is 0 Å². The van der Waals surface area contributed by atoms with Gasteiger partial charge in [0.15, 0.2) is 0 Å². The molecule has 0 fully saturated rings. The summed E-state index contributed by atoms with van der Waals surface area (Å²) in [5.41, 5.74) is 8.14. The standard InChI is InChI=1S/C15H14Br2FN/c16-14-4-2-1-3-13(14)11(9-19)7-10-5-6-12(18)8-15(10)17/h1-6,8,11H,7,9,19H2. The summed E-state index contributed by atoms with van der Waals surface area (Å²) < 4.78 is 14.9. The summed E-state index contributed by atoms with van der Waals surface area (Å²) in [5.74, 6) is -0.0295. The number of rotatable bonds is 4. The Kier molecular flexibility index (Phi) is 5.13. The Morgan fingerprint density at radius 2 is 1.79 bits per heavy atom. The van der Waals surface area contributed by atoms with E-state index in [1.54, 1.807) is 6.07 Å². The molecule has 0 saturated carbocycles. The van der Waals surface area contributed by atoms with E-state index >= 15 is 0 Å². The maximum Gasteiger partial charge on any atom is 0.124 e. The van der Waals surface area contributed by atoms with E-state index < -0.39 is 0 Å². The SMILES string of the molecule is NCC(Cc1ccc(F)cc1Br)c1ccccc1Br. The molecule has 0 aliphatic heterocycles. The molecule has 1 unspecified atom stereocenters. The Balaban J connectivity index is 2.27. The first-order chi connectivity index (χ1) is 9.11. The van der Waals surface area contributed by atoms with Gasteiger partial charge in [-0.3, -0.25) is 0 Å². The van der Waals surface area contributed by atoms with Gasteiger partial charge in [-0.25, -0.2) is 4.39 Å². The Morgan fingerprint density at radius 1 is 1.05 bits per heavy atom. The van der Waals surface area contributed by atoms with Crippen LogP contribution >= 0.6 is 31.9 Å². The molecule has 0 spiro atoms. The summed E-state index contributed by atoms with van der Waals surface area (Å²) in [6.45, 7) is 0.548. The number of hydrogen-bond donors (Lipinski definition) is 1. The van der Waals surface area contributed by atoms with Crippen molar-refractivity contribution < 1.29 is 4.39 Å². The number of halogens is 3. The van der Waals surface area contributed by atoms with E-state index in [9.17, 15) is 4.39 Å². The van der Waals surface area contributed by atoms with Gasteiger partial charge in [0.2, 0.25) is 0 Å². The summed E-state index contributed by atoms with van der Waals surface area (Å²) in [7, 11) is 0. The lowest BCUT2D eigenvalue weighted by Gasteiger charge is -2.17. The summed E-state index contributed by atoms with van der Waals surface area (Å²) >= 11 is 6.96. The molecule has 0 saturated heterocycles. The molecule has 2 aromatic rings. The van der Waals surface area contributed by atoms with Gasteiger partial charge in [0.1, 0.15) is 5.82 Å². The fourth-order valence-corrected chi connectivity index (χ4v) is 3.20. The maximum absolute atomic E-state index is 13.1. The summed E-state index contributed by atoms with van der Waals surface area (Å²) in [6, 6.07) is 12.8. The zero-order chi connectivity index (χ0) is 13.8. The number of hydrogen-bond acceptors (Lipinski definition) is 1. The highest BCUT2D eigenvalue weighted by molar-refractivity contribution is 9.10. The third kappa shape index (κ3) is 3.65. The highest BCUT2D eigenvalue weighted by Gasteiger charge is 2.15. The fourth-order valence-electron chi connectivity index (χ4n) is 2.08. The molecule has 2 aromatic carbocycles. The predicted molar refractivity (Wildman–Crippen MR) is 83.7 cm³/mol. The minimum absolute atomic E-state index is 0.206.